The van der Waals surface area contributed by atoms with Gasteiger partial charge in [-0.2, -0.15) is 5.10 Å². The minimum absolute atomic E-state index is 0.00630. The van der Waals surface area contributed by atoms with E-state index >= 15 is 0 Å². The molecule has 0 aromatic carbocycles. The van der Waals surface area contributed by atoms with Crippen molar-refractivity contribution in [1.29, 1.82) is 0 Å². The van der Waals surface area contributed by atoms with Crippen molar-refractivity contribution in [3.63, 3.8) is 0 Å². The molecule has 0 bridgehead atoms. The van der Waals surface area contributed by atoms with Crippen LogP contribution in [-0.2, 0) is 7.05 Å². The Morgan fingerprint density at radius 1 is 1.40 bits per heavy atom. The second kappa shape index (κ2) is 4.29. The molecule has 0 amide bonds. The number of hydrogen-bond acceptors (Lipinski definition) is 3. The van der Waals surface area contributed by atoms with E-state index in [-0.39, 0.29) is 5.78 Å². The quantitative estimate of drug-likeness (QED) is 0.554. The average Bonchev–Trinajstić information content (AvgIpc) is 2.37. The maximum Gasteiger partial charge on any atom is 0.190 e. The Hall–Kier alpha value is -1.58. The van der Waals surface area contributed by atoms with Gasteiger partial charge in [0.2, 0.25) is 0 Å². The maximum absolute atomic E-state index is 11.8. The molecular formula is C11H17N3O. The number of aromatic nitrogens is 2. The van der Waals surface area contributed by atoms with Gasteiger partial charge in [0.25, 0.3) is 0 Å². The number of rotatable bonds is 3. The third-order valence-electron chi connectivity index (χ3n) is 2.28. The summed E-state index contributed by atoms with van der Waals surface area (Å²) < 4.78 is 1.73. The van der Waals surface area contributed by atoms with E-state index in [1.54, 1.807) is 17.0 Å². The molecule has 1 rings (SSSR count). The van der Waals surface area contributed by atoms with E-state index in [4.69, 9.17) is 0 Å². The first-order valence-electron chi connectivity index (χ1n) is 4.82. The van der Waals surface area contributed by atoms with E-state index in [2.05, 4.69) is 5.10 Å². The van der Waals surface area contributed by atoms with Crippen molar-refractivity contribution >= 4 is 5.78 Å². The van der Waals surface area contributed by atoms with Gasteiger partial charge in [-0.05, 0) is 13.8 Å². The summed E-state index contributed by atoms with van der Waals surface area (Å²) in [7, 11) is 5.61. The maximum atomic E-state index is 11.8. The highest BCUT2D eigenvalue weighted by Gasteiger charge is 2.14. The number of hydrogen-bond donors (Lipinski definition) is 0. The molecule has 0 aliphatic heterocycles. The van der Waals surface area contributed by atoms with Crippen LogP contribution in [0, 0.1) is 13.8 Å². The fourth-order valence-corrected chi connectivity index (χ4v) is 1.43. The number of allylic oxidation sites excluding steroid dienone is 1. The van der Waals surface area contributed by atoms with Crippen molar-refractivity contribution in [2.24, 2.45) is 7.05 Å². The van der Waals surface area contributed by atoms with Gasteiger partial charge in [-0.3, -0.25) is 9.48 Å². The predicted octanol–water partition coefficient (Wildman–Crippen LogP) is 1.29. The van der Waals surface area contributed by atoms with Gasteiger partial charge in [-0.15, -0.1) is 0 Å². The highest BCUT2D eigenvalue weighted by molar-refractivity contribution is 6.06. The molecular weight excluding hydrogens is 190 g/mol. The van der Waals surface area contributed by atoms with Crippen LogP contribution in [0.15, 0.2) is 12.3 Å². The van der Waals surface area contributed by atoms with Crippen LogP contribution in [0.5, 0.6) is 0 Å². The second-order valence-corrected chi connectivity index (χ2v) is 3.81. The molecule has 0 saturated heterocycles. The zero-order valence-corrected chi connectivity index (χ0v) is 9.90. The molecule has 0 aliphatic carbocycles. The molecule has 0 spiro atoms. The van der Waals surface area contributed by atoms with Crippen LogP contribution in [0.4, 0.5) is 0 Å². The standard InChI is InChI=1S/C11H17N3O/c1-8-11(9(2)14(5)12-8)10(15)6-7-13(3)4/h6-7H,1-5H3/b7-6-. The number of carbonyl (C=O) groups is 1. The summed E-state index contributed by atoms with van der Waals surface area (Å²) >= 11 is 0. The van der Waals surface area contributed by atoms with Crippen LogP contribution in [-0.4, -0.2) is 34.6 Å². The number of ketones is 1. The first kappa shape index (κ1) is 11.5. The Morgan fingerprint density at radius 3 is 2.40 bits per heavy atom. The summed E-state index contributed by atoms with van der Waals surface area (Å²) in [6.07, 6.45) is 3.31. The molecule has 82 valence electrons. The normalized spacial score (nSPS) is 11.0. The molecule has 0 saturated carbocycles. The summed E-state index contributed by atoms with van der Waals surface area (Å²) in [5.41, 5.74) is 2.39. The summed E-state index contributed by atoms with van der Waals surface area (Å²) in [5.74, 6) is 0.00630. The van der Waals surface area contributed by atoms with Crippen molar-refractivity contribution in [2.45, 2.75) is 13.8 Å². The average molecular weight is 207 g/mol. The number of aryl methyl sites for hydroxylation is 2. The van der Waals surface area contributed by atoms with Gasteiger partial charge < -0.3 is 4.90 Å². The fourth-order valence-electron chi connectivity index (χ4n) is 1.43. The number of nitrogens with zero attached hydrogens (tertiary/aromatic N) is 3. The molecule has 4 nitrogen and oxygen atoms in total. The zero-order valence-electron chi connectivity index (χ0n) is 9.90. The van der Waals surface area contributed by atoms with Crippen molar-refractivity contribution in [3.8, 4) is 0 Å². The number of carbonyl (C=O) groups excluding carboxylic acids is 1. The molecule has 1 aromatic rings. The van der Waals surface area contributed by atoms with Crippen LogP contribution >= 0.6 is 0 Å². The van der Waals surface area contributed by atoms with Crippen molar-refractivity contribution in [3.05, 3.63) is 29.2 Å². The molecule has 0 aliphatic rings. The minimum atomic E-state index is 0.00630. The van der Waals surface area contributed by atoms with E-state index in [1.807, 2.05) is 39.9 Å². The lowest BCUT2D eigenvalue weighted by Gasteiger charge is -2.02. The van der Waals surface area contributed by atoms with Gasteiger partial charge in [0, 0.05) is 39.1 Å². The van der Waals surface area contributed by atoms with Gasteiger partial charge in [0.05, 0.1) is 11.3 Å². The molecule has 4 heteroatoms. The highest BCUT2D eigenvalue weighted by Crippen LogP contribution is 2.12. The van der Waals surface area contributed by atoms with Crippen LogP contribution in [0.3, 0.4) is 0 Å². The summed E-state index contributed by atoms with van der Waals surface area (Å²) in [4.78, 5) is 13.7. The Labute approximate surface area is 90.2 Å². The van der Waals surface area contributed by atoms with Crippen molar-refractivity contribution < 1.29 is 4.79 Å². The Kier molecular flexibility index (Phi) is 3.29. The van der Waals surface area contributed by atoms with Gasteiger partial charge in [0.15, 0.2) is 5.78 Å². The molecule has 15 heavy (non-hydrogen) atoms. The fraction of sp³-hybridized carbons (Fsp3) is 0.455. The van der Waals surface area contributed by atoms with E-state index in [9.17, 15) is 4.79 Å². The van der Waals surface area contributed by atoms with E-state index in [0.29, 0.717) is 5.56 Å². The largest absolute Gasteiger partial charge is 0.383 e. The molecule has 1 aromatic heterocycles. The summed E-state index contributed by atoms with van der Waals surface area (Å²) in [6.45, 7) is 3.75. The van der Waals surface area contributed by atoms with Crippen LogP contribution in [0.1, 0.15) is 21.7 Å². The van der Waals surface area contributed by atoms with E-state index < -0.39 is 0 Å². The van der Waals surface area contributed by atoms with Gasteiger partial charge in [-0.25, -0.2) is 0 Å². The van der Waals surface area contributed by atoms with Gasteiger partial charge in [0.1, 0.15) is 0 Å². The third kappa shape index (κ3) is 2.46. The topological polar surface area (TPSA) is 38.1 Å². The van der Waals surface area contributed by atoms with E-state index in [0.717, 1.165) is 11.4 Å². The lowest BCUT2D eigenvalue weighted by molar-refractivity contribution is 0.104. The van der Waals surface area contributed by atoms with Crippen LogP contribution in [0.25, 0.3) is 0 Å². The molecule has 0 fully saturated rings. The lowest BCUT2D eigenvalue weighted by atomic mass is 10.1. The Bertz CT molecular complexity index is 402. The predicted molar refractivity (Wildman–Crippen MR) is 59.8 cm³/mol. The second-order valence-electron chi connectivity index (χ2n) is 3.81. The van der Waals surface area contributed by atoms with Crippen molar-refractivity contribution in [2.75, 3.05) is 14.1 Å². The van der Waals surface area contributed by atoms with Crippen LogP contribution < -0.4 is 0 Å². The summed E-state index contributed by atoms with van der Waals surface area (Å²) in [5, 5.41) is 4.21. The minimum Gasteiger partial charge on any atom is -0.383 e. The third-order valence-corrected chi connectivity index (χ3v) is 2.28. The Balaban J connectivity index is 3.01. The molecule has 0 unspecified atom stereocenters. The smallest absolute Gasteiger partial charge is 0.190 e. The Morgan fingerprint density at radius 2 is 2.00 bits per heavy atom. The monoisotopic (exact) mass is 207 g/mol. The summed E-state index contributed by atoms with van der Waals surface area (Å²) in [6, 6.07) is 0. The first-order valence-corrected chi connectivity index (χ1v) is 4.82. The van der Waals surface area contributed by atoms with Gasteiger partial charge >= 0.3 is 0 Å². The van der Waals surface area contributed by atoms with E-state index in [1.165, 1.54) is 0 Å². The molecule has 0 atom stereocenters. The highest BCUT2D eigenvalue weighted by atomic mass is 16.1. The first-order chi connectivity index (χ1) is 6.93. The molecule has 0 radical (unpaired) electrons. The zero-order chi connectivity index (χ0) is 11.6. The van der Waals surface area contributed by atoms with Crippen molar-refractivity contribution in [1.82, 2.24) is 14.7 Å². The van der Waals surface area contributed by atoms with Gasteiger partial charge in [-0.1, -0.05) is 0 Å². The lowest BCUT2D eigenvalue weighted by Crippen LogP contribution is -2.04. The molecule has 1 heterocycles. The van der Waals surface area contributed by atoms with Crippen LogP contribution in [0.2, 0.25) is 0 Å². The SMILES string of the molecule is Cc1nn(C)c(C)c1C(=O)/C=C\N(C)C. The molecule has 0 N–H and O–H groups in total.